The van der Waals surface area contributed by atoms with Crippen LogP contribution in [0.4, 0.5) is 5.82 Å². The summed E-state index contributed by atoms with van der Waals surface area (Å²) < 4.78 is 26.8. The number of piperazine rings is 1. The van der Waals surface area contributed by atoms with Gasteiger partial charge in [0, 0.05) is 59.1 Å². The lowest BCUT2D eigenvalue weighted by Gasteiger charge is -2.34. The van der Waals surface area contributed by atoms with Crippen molar-refractivity contribution in [3.63, 3.8) is 0 Å². The number of halogens is 1. The van der Waals surface area contributed by atoms with Gasteiger partial charge in [0.15, 0.2) is 5.96 Å². The van der Waals surface area contributed by atoms with Gasteiger partial charge in [0.1, 0.15) is 5.82 Å². The first-order valence-electron chi connectivity index (χ1n) is 9.19. The van der Waals surface area contributed by atoms with Crippen LogP contribution < -0.4 is 10.2 Å². The second-order valence-corrected chi connectivity index (χ2v) is 8.65. The van der Waals surface area contributed by atoms with Gasteiger partial charge in [-0.3, -0.25) is 4.99 Å². The SMILES string of the molecule is CN=C(NCCS(=O)(=O)N1CCN(c2ccccn2)CC1)N1CCCC1.I. The summed E-state index contributed by atoms with van der Waals surface area (Å²) in [5, 5.41) is 3.19. The molecule has 0 amide bonds. The number of rotatable bonds is 5. The Balaban J connectivity index is 0.00000261. The number of likely N-dealkylation sites (tertiary alicyclic amines) is 1. The molecule has 0 spiro atoms. The van der Waals surface area contributed by atoms with Gasteiger partial charge in [0.05, 0.1) is 5.75 Å². The van der Waals surface area contributed by atoms with E-state index in [0.717, 1.165) is 24.9 Å². The maximum absolute atomic E-state index is 12.6. The van der Waals surface area contributed by atoms with Crippen molar-refractivity contribution in [3.05, 3.63) is 24.4 Å². The van der Waals surface area contributed by atoms with Crippen LogP contribution in [0.1, 0.15) is 12.8 Å². The molecule has 0 aliphatic carbocycles. The van der Waals surface area contributed by atoms with Crippen LogP contribution in [0.5, 0.6) is 0 Å². The molecule has 0 radical (unpaired) electrons. The van der Waals surface area contributed by atoms with E-state index in [1.165, 1.54) is 12.8 Å². The number of aromatic nitrogens is 1. The van der Waals surface area contributed by atoms with Crippen molar-refractivity contribution in [1.82, 2.24) is 19.5 Å². The van der Waals surface area contributed by atoms with E-state index in [2.05, 4.69) is 25.1 Å². The van der Waals surface area contributed by atoms with E-state index in [0.29, 0.717) is 32.7 Å². The van der Waals surface area contributed by atoms with Gasteiger partial charge in [-0.25, -0.2) is 13.4 Å². The van der Waals surface area contributed by atoms with Gasteiger partial charge < -0.3 is 15.1 Å². The summed E-state index contributed by atoms with van der Waals surface area (Å²) in [6.45, 7) is 4.69. The van der Waals surface area contributed by atoms with Crippen LogP contribution in [0.25, 0.3) is 0 Å². The van der Waals surface area contributed by atoms with Crippen molar-refractivity contribution >= 4 is 45.8 Å². The predicted molar refractivity (Wildman–Crippen MR) is 119 cm³/mol. The molecule has 27 heavy (non-hydrogen) atoms. The molecule has 1 aromatic rings. The van der Waals surface area contributed by atoms with E-state index in [1.807, 2.05) is 18.2 Å². The quantitative estimate of drug-likeness (QED) is 0.361. The zero-order chi connectivity index (χ0) is 18.4. The minimum absolute atomic E-state index is 0. The Bertz CT molecular complexity index is 701. The molecule has 2 fully saturated rings. The second-order valence-electron chi connectivity index (χ2n) is 6.56. The van der Waals surface area contributed by atoms with E-state index in [-0.39, 0.29) is 29.7 Å². The Hall–Kier alpha value is -1.14. The highest BCUT2D eigenvalue weighted by Crippen LogP contribution is 2.14. The lowest BCUT2D eigenvalue weighted by molar-refractivity contribution is 0.383. The second kappa shape index (κ2) is 10.4. The molecule has 2 aliphatic heterocycles. The molecule has 0 bridgehead atoms. The standard InChI is InChI=1S/C17H28N6O2S.HI/c1-18-17(22-9-4-5-10-22)20-8-15-26(24,25)23-13-11-21(12-14-23)16-6-2-3-7-19-16;/h2-3,6-7H,4-5,8-15H2,1H3,(H,18,20);1H. The van der Waals surface area contributed by atoms with Gasteiger partial charge >= 0.3 is 0 Å². The zero-order valence-electron chi connectivity index (χ0n) is 15.7. The third-order valence-electron chi connectivity index (χ3n) is 4.87. The van der Waals surface area contributed by atoms with Crippen LogP contribution in [-0.2, 0) is 10.0 Å². The molecule has 0 unspecified atom stereocenters. The number of anilines is 1. The summed E-state index contributed by atoms with van der Waals surface area (Å²) in [4.78, 5) is 12.9. The Morgan fingerprint density at radius 3 is 2.44 bits per heavy atom. The molecule has 2 saturated heterocycles. The molecular formula is C17H29IN6O2S. The summed E-state index contributed by atoms with van der Waals surface area (Å²) in [7, 11) is -1.52. The first-order chi connectivity index (χ1) is 12.6. The van der Waals surface area contributed by atoms with Crippen LogP contribution in [-0.4, -0.2) is 87.2 Å². The lowest BCUT2D eigenvalue weighted by Crippen LogP contribution is -2.50. The predicted octanol–water partition coefficient (Wildman–Crippen LogP) is 0.823. The van der Waals surface area contributed by atoms with Gasteiger partial charge in [0.2, 0.25) is 10.0 Å². The molecule has 0 aromatic carbocycles. The molecular weight excluding hydrogens is 479 g/mol. The fourth-order valence-electron chi connectivity index (χ4n) is 3.42. The summed E-state index contributed by atoms with van der Waals surface area (Å²) in [5.74, 6) is 1.79. The minimum atomic E-state index is -3.27. The average molecular weight is 508 g/mol. The molecule has 2 aliphatic rings. The molecule has 1 N–H and O–H groups in total. The van der Waals surface area contributed by atoms with Gasteiger partial charge in [-0.2, -0.15) is 4.31 Å². The lowest BCUT2D eigenvalue weighted by atomic mass is 10.3. The molecule has 152 valence electrons. The largest absolute Gasteiger partial charge is 0.355 e. The van der Waals surface area contributed by atoms with Crippen molar-refractivity contribution in [2.75, 3.05) is 63.5 Å². The van der Waals surface area contributed by atoms with Crippen molar-refractivity contribution in [2.24, 2.45) is 4.99 Å². The number of guanidine groups is 1. The van der Waals surface area contributed by atoms with Crippen molar-refractivity contribution in [1.29, 1.82) is 0 Å². The van der Waals surface area contributed by atoms with E-state index in [4.69, 9.17) is 0 Å². The maximum Gasteiger partial charge on any atom is 0.215 e. The van der Waals surface area contributed by atoms with Crippen LogP contribution >= 0.6 is 24.0 Å². The third-order valence-corrected chi connectivity index (χ3v) is 6.74. The zero-order valence-corrected chi connectivity index (χ0v) is 18.9. The number of aliphatic imine (C=N–C) groups is 1. The minimum Gasteiger partial charge on any atom is -0.355 e. The normalized spacial score (nSPS) is 19.1. The summed E-state index contributed by atoms with van der Waals surface area (Å²) in [5.41, 5.74) is 0. The summed E-state index contributed by atoms with van der Waals surface area (Å²) in [6, 6.07) is 5.79. The molecule has 1 aromatic heterocycles. The van der Waals surface area contributed by atoms with Crippen LogP contribution in [0, 0.1) is 0 Å². The molecule has 0 atom stereocenters. The Morgan fingerprint density at radius 2 is 1.85 bits per heavy atom. The number of hydrogen-bond donors (Lipinski definition) is 1. The van der Waals surface area contributed by atoms with Gasteiger partial charge in [-0.1, -0.05) is 6.07 Å². The number of pyridine rings is 1. The van der Waals surface area contributed by atoms with E-state index >= 15 is 0 Å². The summed E-state index contributed by atoms with van der Waals surface area (Å²) in [6.07, 6.45) is 4.09. The van der Waals surface area contributed by atoms with Gasteiger partial charge in [-0.05, 0) is 25.0 Å². The smallest absolute Gasteiger partial charge is 0.215 e. The summed E-state index contributed by atoms with van der Waals surface area (Å²) >= 11 is 0. The van der Waals surface area contributed by atoms with E-state index in [9.17, 15) is 8.42 Å². The van der Waals surface area contributed by atoms with Crippen LogP contribution in [0.2, 0.25) is 0 Å². The fraction of sp³-hybridized carbons (Fsp3) is 0.647. The van der Waals surface area contributed by atoms with Crippen LogP contribution in [0.3, 0.4) is 0 Å². The fourth-order valence-corrected chi connectivity index (χ4v) is 4.76. The van der Waals surface area contributed by atoms with E-state index < -0.39 is 10.0 Å². The molecule has 10 heteroatoms. The topological polar surface area (TPSA) is 81.1 Å². The van der Waals surface area contributed by atoms with Crippen molar-refractivity contribution < 1.29 is 8.42 Å². The monoisotopic (exact) mass is 508 g/mol. The number of nitrogens with one attached hydrogen (secondary N) is 1. The number of hydrogen-bond acceptors (Lipinski definition) is 5. The van der Waals surface area contributed by atoms with Crippen molar-refractivity contribution in [3.8, 4) is 0 Å². The maximum atomic E-state index is 12.6. The Kier molecular flexibility index (Phi) is 8.55. The van der Waals surface area contributed by atoms with Crippen LogP contribution in [0.15, 0.2) is 29.4 Å². The molecule has 3 rings (SSSR count). The third kappa shape index (κ3) is 5.92. The highest BCUT2D eigenvalue weighted by atomic mass is 127. The van der Waals surface area contributed by atoms with Gasteiger partial charge in [-0.15, -0.1) is 24.0 Å². The first kappa shape index (κ1) is 22.2. The highest BCUT2D eigenvalue weighted by Gasteiger charge is 2.27. The van der Waals surface area contributed by atoms with E-state index in [1.54, 1.807) is 17.5 Å². The average Bonchev–Trinajstić information content (AvgIpc) is 3.20. The van der Waals surface area contributed by atoms with Gasteiger partial charge in [0.25, 0.3) is 0 Å². The Labute approximate surface area is 179 Å². The number of nitrogens with zero attached hydrogens (tertiary/aromatic N) is 5. The number of sulfonamides is 1. The Morgan fingerprint density at radius 1 is 1.15 bits per heavy atom. The molecule has 0 saturated carbocycles. The molecule has 3 heterocycles. The van der Waals surface area contributed by atoms with Crippen molar-refractivity contribution in [2.45, 2.75) is 12.8 Å². The highest BCUT2D eigenvalue weighted by molar-refractivity contribution is 14.0. The molecule has 8 nitrogen and oxygen atoms in total. The first-order valence-corrected chi connectivity index (χ1v) is 10.8.